The second kappa shape index (κ2) is 8.21. The second-order valence-corrected chi connectivity index (χ2v) is 6.96. The predicted molar refractivity (Wildman–Crippen MR) is 95.7 cm³/mol. The van der Waals surface area contributed by atoms with Crippen molar-refractivity contribution in [2.75, 3.05) is 26.2 Å². The number of benzene rings is 1. The Kier molecular flexibility index (Phi) is 5.75. The molecule has 2 N–H and O–H groups in total. The molecule has 0 saturated carbocycles. The molecule has 7 nitrogen and oxygen atoms in total. The predicted octanol–water partition coefficient (Wildman–Crippen LogP) is 1.93. The van der Waals surface area contributed by atoms with Gasteiger partial charge in [-0.25, -0.2) is 9.59 Å². The van der Waals surface area contributed by atoms with Gasteiger partial charge in [-0.15, -0.1) is 0 Å². The van der Waals surface area contributed by atoms with E-state index in [1.165, 1.54) is 12.1 Å². The number of nitrogens with zero attached hydrogens (tertiary/aromatic N) is 2. The van der Waals surface area contributed by atoms with Crippen molar-refractivity contribution in [3.05, 3.63) is 35.4 Å². The van der Waals surface area contributed by atoms with Gasteiger partial charge in [0.25, 0.3) is 0 Å². The van der Waals surface area contributed by atoms with Crippen molar-refractivity contribution in [1.29, 1.82) is 0 Å². The lowest BCUT2D eigenvalue weighted by molar-refractivity contribution is -0.126. The number of rotatable bonds is 4. The van der Waals surface area contributed by atoms with Crippen molar-refractivity contribution in [1.82, 2.24) is 15.1 Å². The van der Waals surface area contributed by atoms with Crippen LogP contribution in [0.5, 0.6) is 0 Å². The van der Waals surface area contributed by atoms with Crippen molar-refractivity contribution in [2.24, 2.45) is 5.92 Å². The Bertz CT molecular complexity index is 660. The van der Waals surface area contributed by atoms with Crippen molar-refractivity contribution in [3.63, 3.8) is 0 Å². The van der Waals surface area contributed by atoms with Crippen LogP contribution in [0.25, 0.3) is 0 Å². The molecule has 0 radical (unpaired) electrons. The molecule has 2 saturated heterocycles. The maximum atomic E-state index is 12.4. The van der Waals surface area contributed by atoms with E-state index >= 15 is 0 Å². The van der Waals surface area contributed by atoms with Crippen molar-refractivity contribution in [2.45, 2.75) is 32.2 Å². The number of hydrogen-bond acceptors (Lipinski definition) is 3. The lowest BCUT2D eigenvalue weighted by atomic mass is 9.96. The second-order valence-electron chi connectivity index (χ2n) is 6.96. The third kappa shape index (κ3) is 4.33. The molecule has 0 atom stereocenters. The van der Waals surface area contributed by atoms with Gasteiger partial charge in [0, 0.05) is 38.6 Å². The fourth-order valence-electron chi connectivity index (χ4n) is 3.54. The van der Waals surface area contributed by atoms with E-state index in [1.807, 2.05) is 9.80 Å². The van der Waals surface area contributed by atoms with Crippen LogP contribution in [0, 0.1) is 5.92 Å². The quantitative estimate of drug-likeness (QED) is 0.859. The summed E-state index contributed by atoms with van der Waals surface area (Å²) in [5.74, 6) is -1.03. The van der Waals surface area contributed by atoms with Gasteiger partial charge < -0.3 is 20.2 Å². The number of aromatic carboxylic acids is 1. The highest BCUT2D eigenvalue weighted by Gasteiger charge is 2.30. The van der Waals surface area contributed by atoms with E-state index in [0.717, 1.165) is 31.5 Å². The molecule has 2 heterocycles. The average molecular weight is 359 g/mol. The van der Waals surface area contributed by atoms with Gasteiger partial charge in [-0.2, -0.15) is 0 Å². The Hall–Kier alpha value is -2.57. The zero-order valence-electron chi connectivity index (χ0n) is 14.8. The highest BCUT2D eigenvalue weighted by atomic mass is 16.4. The number of carboxylic acids is 1. The summed E-state index contributed by atoms with van der Waals surface area (Å²) in [5, 5.41) is 11.8. The number of piperidine rings is 1. The number of amides is 3. The standard InChI is InChI=1S/C19H25N3O4/c23-17(20-13-14-3-5-16(6-4-14)18(24)25)15-7-11-22(12-8-15)19(26)21-9-1-2-10-21/h3-6,15H,1-2,7-13H2,(H,20,23)(H,24,25). The van der Waals surface area contributed by atoms with E-state index in [4.69, 9.17) is 5.11 Å². The van der Waals surface area contributed by atoms with Crippen LogP contribution in [0.4, 0.5) is 4.79 Å². The summed E-state index contributed by atoms with van der Waals surface area (Å²) in [6, 6.07) is 6.60. The monoisotopic (exact) mass is 359 g/mol. The number of nitrogens with one attached hydrogen (secondary N) is 1. The van der Waals surface area contributed by atoms with Crippen LogP contribution in [0.15, 0.2) is 24.3 Å². The summed E-state index contributed by atoms with van der Waals surface area (Å²) >= 11 is 0. The molecule has 140 valence electrons. The van der Waals surface area contributed by atoms with Gasteiger partial charge in [0.05, 0.1) is 5.56 Å². The minimum Gasteiger partial charge on any atom is -0.478 e. The summed E-state index contributed by atoms with van der Waals surface area (Å²) in [4.78, 5) is 39.3. The Morgan fingerprint density at radius 2 is 1.54 bits per heavy atom. The van der Waals surface area contributed by atoms with Crippen LogP contribution < -0.4 is 5.32 Å². The molecule has 0 unspecified atom stereocenters. The molecular formula is C19H25N3O4. The van der Waals surface area contributed by atoms with Gasteiger partial charge in [-0.05, 0) is 43.4 Å². The van der Waals surface area contributed by atoms with Crippen LogP contribution in [-0.4, -0.2) is 59.0 Å². The van der Waals surface area contributed by atoms with E-state index in [9.17, 15) is 14.4 Å². The molecule has 0 bridgehead atoms. The molecule has 0 aromatic heterocycles. The van der Waals surface area contributed by atoms with Crippen LogP contribution in [0.3, 0.4) is 0 Å². The van der Waals surface area contributed by atoms with Gasteiger partial charge in [-0.3, -0.25) is 4.79 Å². The molecule has 3 amide bonds. The molecule has 1 aromatic carbocycles. The van der Waals surface area contributed by atoms with Gasteiger partial charge in [0.2, 0.25) is 5.91 Å². The number of carbonyl (C=O) groups excluding carboxylic acids is 2. The lowest BCUT2D eigenvalue weighted by Gasteiger charge is -2.34. The van der Waals surface area contributed by atoms with E-state index in [0.29, 0.717) is 32.5 Å². The Labute approximate surface area is 153 Å². The van der Waals surface area contributed by atoms with Gasteiger partial charge in [0.1, 0.15) is 0 Å². The zero-order chi connectivity index (χ0) is 18.5. The maximum absolute atomic E-state index is 12.4. The summed E-state index contributed by atoms with van der Waals surface area (Å²) in [6.45, 7) is 3.33. The molecule has 2 aliphatic rings. The first-order valence-electron chi connectivity index (χ1n) is 9.18. The van der Waals surface area contributed by atoms with Gasteiger partial charge >= 0.3 is 12.0 Å². The van der Waals surface area contributed by atoms with E-state index in [2.05, 4.69) is 5.32 Å². The van der Waals surface area contributed by atoms with E-state index in [-0.39, 0.29) is 23.4 Å². The number of urea groups is 1. The first-order chi connectivity index (χ1) is 12.5. The van der Waals surface area contributed by atoms with Crippen LogP contribution >= 0.6 is 0 Å². The fraction of sp³-hybridized carbons (Fsp3) is 0.526. The number of hydrogen-bond donors (Lipinski definition) is 2. The molecule has 26 heavy (non-hydrogen) atoms. The summed E-state index contributed by atoms with van der Waals surface area (Å²) in [7, 11) is 0. The first kappa shape index (κ1) is 18.2. The Morgan fingerprint density at radius 1 is 0.962 bits per heavy atom. The molecule has 0 spiro atoms. The highest BCUT2D eigenvalue weighted by Crippen LogP contribution is 2.20. The third-order valence-corrected chi connectivity index (χ3v) is 5.18. The topological polar surface area (TPSA) is 90.0 Å². The largest absolute Gasteiger partial charge is 0.478 e. The fourth-order valence-corrected chi connectivity index (χ4v) is 3.54. The molecular weight excluding hydrogens is 334 g/mol. The van der Waals surface area contributed by atoms with Crippen LogP contribution in [0.2, 0.25) is 0 Å². The van der Waals surface area contributed by atoms with Gasteiger partial charge in [0.15, 0.2) is 0 Å². The average Bonchev–Trinajstić information content (AvgIpc) is 3.20. The van der Waals surface area contributed by atoms with Crippen LogP contribution in [0.1, 0.15) is 41.6 Å². The normalized spacial score (nSPS) is 18.0. The zero-order valence-corrected chi connectivity index (χ0v) is 14.8. The summed E-state index contributed by atoms with van der Waals surface area (Å²) < 4.78 is 0. The molecule has 3 rings (SSSR count). The smallest absolute Gasteiger partial charge is 0.335 e. The van der Waals surface area contributed by atoms with Crippen molar-refractivity contribution < 1.29 is 19.5 Å². The van der Waals surface area contributed by atoms with E-state index in [1.54, 1.807) is 12.1 Å². The minimum atomic E-state index is -0.962. The van der Waals surface area contributed by atoms with Gasteiger partial charge in [-0.1, -0.05) is 12.1 Å². The Balaban J connectivity index is 1.43. The maximum Gasteiger partial charge on any atom is 0.335 e. The lowest BCUT2D eigenvalue weighted by Crippen LogP contribution is -2.47. The molecule has 0 aliphatic carbocycles. The van der Waals surface area contributed by atoms with Crippen molar-refractivity contribution in [3.8, 4) is 0 Å². The number of likely N-dealkylation sites (tertiary alicyclic amines) is 2. The highest BCUT2D eigenvalue weighted by molar-refractivity contribution is 5.87. The first-order valence-corrected chi connectivity index (χ1v) is 9.18. The molecule has 7 heteroatoms. The Morgan fingerprint density at radius 3 is 2.12 bits per heavy atom. The third-order valence-electron chi connectivity index (χ3n) is 5.18. The SMILES string of the molecule is O=C(O)c1ccc(CNC(=O)C2CCN(C(=O)N3CCCC3)CC2)cc1. The number of carbonyl (C=O) groups is 3. The van der Waals surface area contributed by atoms with E-state index < -0.39 is 5.97 Å². The molecule has 2 fully saturated rings. The summed E-state index contributed by atoms with van der Waals surface area (Å²) in [6.07, 6.45) is 3.53. The van der Waals surface area contributed by atoms with Crippen LogP contribution in [-0.2, 0) is 11.3 Å². The molecule has 1 aromatic rings. The minimum absolute atomic E-state index is 0.000539. The summed E-state index contributed by atoms with van der Waals surface area (Å²) in [5.41, 5.74) is 1.10. The molecule has 2 aliphatic heterocycles. The number of carboxylic acid groups (broad SMARTS) is 1. The van der Waals surface area contributed by atoms with Crippen molar-refractivity contribution >= 4 is 17.9 Å².